The van der Waals surface area contributed by atoms with E-state index >= 15 is 0 Å². The van der Waals surface area contributed by atoms with Crippen molar-refractivity contribution >= 4 is 16.3 Å². The minimum absolute atomic E-state index is 0.653. The van der Waals surface area contributed by atoms with Crippen LogP contribution in [0.25, 0.3) is 26.9 Å². The lowest BCUT2D eigenvalue weighted by Crippen LogP contribution is -1.92. The van der Waals surface area contributed by atoms with Crippen molar-refractivity contribution in [2.45, 2.75) is 6.92 Å². The molecule has 0 N–H and O–H groups in total. The minimum Gasteiger partial charge on any atom is -0.497 e. The van der Waals surface area contributed by atoms with Gasteiger partial charge in [0.05, 0.1) is 13.7 Å². The Morgan fingerprint density at radius 3 is 2.60 bits per heavy atom. The Morgan fingerprint density at radius 2 is 1.84 bits per heavy atom. The zero-order valence-electron chi connectivity index (χ0n) is 13.8. The first-order valence-electron chi connectivity index (χ1n) is 7.88. The Balaban J connectivity index is 1.72. The van der Waals surface area contributed by atoms with Crippen LogP contribution in [0.4, 0.5) is 0 Å². The number of hydrogen-bond acceptors (Lipinski definition) is 6. The fraction of sp³-hybridized carbons (Fsp3) is 0.167. The summed E-state index contributed by atoms with van der Waals surface area (Å²) in [4.78, 5) is 0.752. The topological polar surface area (TPSA) is 61.5 Å². The maximum atomic E-state index is 5.48. The first kappa shape index (κ1) is 15.6. The molecule has 0 fully saturated rings. The van der Waals surface area contributed by atoms with Crippen LogP contribution in [0.5, 0.6) is 11.5 Å². The quantitative estimate of drug-likeness (QED) is 0.545. The van der Waals surface area contributed by atoms with E-state index in [2.05, 4.69) is 15.3 Å². The van der Waals surface area contributed by atoms with Crippen molar-refractivity contribution < 1.29 is 9.47 Å². The van der Waals surface area contributed by atoms with Crippen LogP contribution in [0.3, 0.4) is 0 Å². The summed E-state index contributed by atoms with van der Waals surface area (Å²) in [5.41, 5.74) is 1.94. The molecule has 6 nitrogen and oxygen atoms in total. The van der Waals surface area contributed by atoms with Gasteiger partial charge in [-0.05, 0) is 43.3 Å². The molecule has 2 heterocycles. The molecule has 4 aromatic rings. The van der Waals surface area contributed by atoms with Crippen LogP contribution in [0, 0.1) is 0 Å². The van der Waals surface area contributed by atoms with Crippen LogP contribution < -0.4 is 9.47 Å². The first-order chi connectivity index (χ1) is 12.3. The number of aromatic nitrogens is 4. The predicted molar refractivity (Wildman–Crippen MR) is 97.3 cm³/mol. The van der Waals surface area contributed by atoms with Gasteiger partial charge in [0.25, 0.3) is 0 Å². The Hall–Kier alpha value is -2.93. The van der Waals surface area contributed by atoms with Gasteiger partial charge in [0, 0.05) is 11.1 Å². The summed E-state index contributed by atoms with van der Waals surface area (Å²) in [5, 5.41) is 14.1. The highest BCUT2D eigenvalue weighted by Crippen LogP contribution is 2.30. The second-order valence-electron chi connectivity index (χ2n) is 5.31. The Labute approximate surface area is 148 Å². The van der Waals surface area contributed by atoms with E-state index in [1.165, 1.54) is 11.3 Å². The van der Waals surface area contributed by atoms with Crippen LogP contribution in [0.15, 0.2) is 48.5 Å². The fourth-order valence-corrected chi connectivity index (χ4v) is 3.38. The van der Waals surface area contributed by atoms with Gasteiger partial charge in [-0.3, -0.25) is 0 Å². The summed E-state index contributed by atoms with van der Waals surface area (Å²) in [6.07, 6.45) is 0. The molecule has 0 bridgehead atoms. The van der Waals surface area contributed by atoms with Gasteiger partial charge >= 0.3 is 0 Å². The second kappa shape index (κ2) is 6.52. The number of methoxy groups -OCH3 is 1. The van der Waals surface area contributed by atoms with E-state index in [0.29, 0.717) is 12.4 Å². The zero-order valence-corrected chi connectivity index (χ0v) is 14.7. The molecule has 2 aromatic carbocycles. The van der Waals surface area contributed by atoms with Crippen LogP contribution in [-0.2, 0) is 0 Å². The number of benzene rings is 2. The third kappa shape index (κ3) is 2.94. The van der Waals surface area contributed by atoms with Gasteiger partial charge < -0.3 is 9.47 Å². The van der Waals surface area contributed by atoms with Crippen molar-refractivity contribution in [2.75, 3.05) is 13.7 Å². The van der Waals surface area contributed by atoms with Crippen molar-refractivity contribution in [3.8, 4) is 33.5 Å². The number of fused-ring (bicyclic) bond motifs is 1. The summed E-state index contributed by atoms with van der Waals surface area (Å²) in [6.45, 7) is 2.62. The lowest BCUT2D eigenvalue weighted by Gasteiger charge is -2.03. The molecular weight excluding hydrogens is 336 g/mol. The lowest BCUT2D eigenvalue weighted by atomic mass is 10.2. The summed E-state index contributed by atoms with van der Waals surface area (Å²) >= 11 is 1.50. The normalized spacial score (nSPS) is 11.0. The van der Waals surface area contributed by atoms with Crippen LogP contribution in [0.2, 0.25) is 0 Å². The van der Waals surface area contributed by atoms with E-state index in [1.54, 1.807) is 11.6 Å². The highest BCUT2D eigenvalue weighted by Gasteiger charge is 2.15. The predicted octanol–water partition coefficient (Wildman–Crippen LogP) is 3.93. The molecule has 2 aromatic heterocycles. The molecule has 0 spiro atoms. The summed E-state index contributed by atoms with van der Waals surface area (Å²) in [6, 6.07) is 15.6. The molecule has 0 saturated heterocycles. The van der Waals surface area contributed by atoms with Crippen molar-refractivity contribution in [2.24, 2.45) is 0 Å². The highest BCUT2D eigenvalue weighted by molar-refractivity contribution is 7.19. The van der Waals surface area contributed by atoms with E-state index < -0.39 is 0 Å². The van der Waals surface area contributed by atoms with Crippen LogP contribution >= 0.6 is 11.3 Å². The van der Waals surface area contributed by atoms with E-state index in [1.807, 2.05) is 55.5 Å². The van der Waals surface area contributed by atoms with E-state index in [0.717, 1.165) is 32.6 Å². The maximum Gasteiger partial charge on any atom is 0.235 e. The molecule has 7 heteroatoms. The molecule has 4 rings (SSSR count). The molecule has 0 aliphatic heterocycles. The third-order valence-electron chi connectivity index (χ3n) is 3.73. The van der Waals surface area contributed by atoms with Gasteiger partial charge in [-0.2, -0.15) is 9.61 Å². The Morgan fingerprint density at radius 1 is 1.00 bits per heavy atom. The van der Waals surface area contributed by atoms with Gasteiger partial charge in [-0.1, -0.05) is 23.5 Å². The number of nitrogens with zero attached hydrogens (tertiary/aromatic N) is 4. The maximum absolute atomic E-state index is 5.48. The number of ether oxygens (including phenoxy) is 2. The van der Waals surface area contributed by atoms with Gasteiger partial charge in [-0.25, -0.2) is 0 Å². The molecular formula is C18H16N4O2S. The summed E-state index contributed by atoms with van der Waals surface area (Å²) < 4.78 is 12.5. The van der Waals surface area contributed by atoms with Gasteiger partial charge in [0.1, 0.15) is 16.5 Å². The second-order valence-corrected chi connectivity index (χ2v) is 6.27. The Kier molecular flexibility index (Phi) is 4.07. The molecule has 0 saturated carbocycles. The largest absolute Gasteiger partial charge is 0.497 e. The van der Waals surface area contributed by atoms with Crippen molar-refractivity contribution in [3.63, 3.8) is 0 Å². The average molecular weight is 352 g/mol. The SMILES string of the molecule is CCOc1ccc(-c2nn3c(-c4cccc(OC)c4)nnc3s2)cc1. The fourth-order valence-electron chi connectivity index (χ4n) is 2.54. The van der Waals surface area contributed by atoms with Gasteiger partial charge in [0.15, 0.2) is 5.82 Å². The molecule has 0 unspecified atom stereocenters. The molecule has 0 aliphatic carbocycles. The molecule has 126 valence electrons. The van der Waals surface area contributed by atoms with Crippen molar-refractivity contribution in [1.29, 1.82) is 0 Å². The zero-order chi connectivity index (χ0) is 17.2. The molecule has 0 amide bonds. The van der Waals surface area contributed by atoms with Gasteiger partial charge in [-0.15, -0.1) is 10.2 Å². The van der Waals surface area contributed by atoms with E-state index in [4.69, 9.17) is 9.47 Å². The monoisotopic (exact) mass is 352 g/mol. The molecule has 0 aliphatic rings. The number of hydrogen-bond donors (Lipinski definition) is 0. The smallest absolute Gasteiger partial charge is 0.235 e. The Bertz CT molecular complexity index is 1010. The van der Waals surface area contributed by atoms with Crippen LogP contribution in [-0.4, -0.2) is 33.5 Å². The number of rotatable bonds is 5. The summed E-state index contributed by atoms with van der Waals surface area (Å²) in [7, 11) is 1.64. The van der Waals surface area contributed by atoms with Crippen molar-refractivity contribution in [1.82, 2.24) is 19.8 Å². The van der Waals surface area contributed by atoms with E-state index in [9.17, 15) is 0 Å². The average Bonchev–Trinajstić information content (AvgIpc) is 3.23. The van der Waals surface area contributed by atoms with E-state index in [-0.39, 0.29) is 0 Å². The lowest BCUT2D eigenvalue weighted by molar-refractivity contribution is 0.340. The summed E-state index contributed by atoms with van der Waals surface area (Å²) in [5.74, 6) is 2.32. The highest BCUT2D eigenvalue weighted by atomic mass is 32.1. The third-order valence-corrected chi connectivity index (χ3v) is 4.68. The first-order valence-corrected chi connectivity index (χ1v) is 8.70. The van der Waals surface area contributed by atoms with Gasteiger partial charge in [0.2, 0.25) is 4.96 Å². The molecule has 0 radical (unpaired) electrons. The molecule has 25 heavy (non-hydrogen) atoms. The minimum atomic E-state index is 0.653. The molecule has 0 atom stereocenters. The standard InChI is InChI=1S/C18H16N4O2S/c1-3-24-14-9-7-12(8-10-14)17-21-22-16(19-20-18(22)25-17)13-5-4-6-15(11-13)23-2/h4-11H,3H2,1-2H3. The van der Waals surface area contributed by atoms with Crippen molar-refractivity contribution in [3.05, 3.63) is 48.5 Å². The van der Waals surface area contributed by atoms with Crippen LogP contribution in [0.1, 0.15) is 6.92 Å².